The van der Waals surface area contributed by atoms with Gasteiger partial charge in [0.25, 0.3) is 11.8 Å². The van der Waals surface area contributed by atoms with Crippen LogP contribution >= 0.6 is 11.6 Å². The Balaban J connectivity index is 1.33. The van der Waals surface area contributed by atoms with Gasteiger partial charge in [0.05, 0.1) is 37.0 Å². The average molecular weight is 501 g/mol. The van der Waals surface area contributed by atoms with Crippen LogP contribution in [0.1, 0.15) is 25.3 Å². The lowest BCUT2D eigenvalue weighted by molar-refractivity contribution is -0.112. The standard InChI is InChI=1S/C24H25ClN4O6/c1-24(5-6-24)35-23(30)29-9-15-11-32-12-16(10-29)19(15)34-22-20(31-2)21(27-13-28-22)33-18-4-3-14(8-26)7-17(18)25/h3-4,7,13,15-16,19H,5-6,9-12H2,1-2H3. The molecule has 11 heteroatoms. The van der Waals surface area contributed by atoms with Crippen LogP contribution < -0.4 is 14.2 Å². The third-order valence-electron chi connectivity index (χ3n) is 6.51. The molecule has 1 aliphatic carbocycles. The van der Waals surface area contributed by atoms with E-state index >= 15 is 0 Å². The molecule has 3 heterocycles. The summed E-state index contributed by atoms with van der Waals surface area (Å²) in [5.74, 6) is 0.776. The van der Waals surface area contributed by atoms with E-state index in [0.717, 1.165) is 12.8 Å². The van der Waals surface area contributed by atoms with Gasteiger partial charge in [-0.1, -0.05) is 11.6 Å². The van der Waals surface area contributed by atoms with Gasteiger partial charge in [0.2, 0.25) is 5.75 Å². The van der Waals surface area contributed by atoms with Crippen LogP contribution in [0, 0.1) is 23.2 Å². The first-order valence-corrected chi connectivity index (χ1v) is 11.8. The molecule has 184 valence electrons. The first-order chi connectivity index (χ1) is 16.9. The van der Waals surface area contributed by atoms with E-state index in [2.05, 4.69) is 9.97 Å². The number of carbonyl (C=O) groups excluding carboxylic acids is 1. The highest BCUT2D eigenvalue weighted by Gasteiger charge is 2.47. The second kappa shape index (κ2) is 9.40. The minimum Gasteiger partial charge on any atom is -0.487 e. The highest BCUT2D eigenvalue weighted by Crippen LogP contribution is 2.42. The number of likely N-dealkylation sites (tertiary alicyclic amines) is 1. The third-order valence-corrected chi connectivity index (χ3v) is 6.80. The Morgan fingerprint density at radius 3 is 2.57 bits per heavy atom. The number of ether oxygens (including phenoxy) is 5. The largest absolute Gasteiger partial charge is 0.487 e. The van der Waals surface area contributed by atoms with E-state index in [-0.39, 0.29) is 52.2 Å². The number of halogens is 1. The van der Waals surface area contributed by atoms with Crippen LogP contribution in [0.4, 0.5) is 4.79 Å². The molecular weight excluding hydrogens is 476 g/mol. The van der Waals surface area contributed by atoms with Crippen LogP contribution in [0.25, 0.3) is 0 Å². The zero-order valence-electron chi connectivity index (χ0n) is 19.4. The molecule has 2 bridgehead atoms. The maximum atomic E-state index is 12.7. The number of piperidine rings is 1. The van der Waals surface area contributed by atoms with Crippen molar-refractivity contribution in [2.24, 2.45) is 11.8 Å². The lowest BCUT2D eigenvalue weighted by atomic mass is 9.84. The molecule has 10 nitrogen and oxygen atoms in total. The van der Waals surface area contributed by atoms with E-state index < -0.39 is 0 Å². The summed E-state index contributed by atoms with van der Waals surface area (Å²) in [6, 6.07) is 6.71. The van der Waals surface area contributed by atoms with Crippen LogP contribution in [0.15, 0.2) is 24.5 Å². The Bertz CT molecular complexity index is 1150. The number of methoxy groups -OCH3 is 1. The second-order valence-electron chi connectivity index (χ2n) is 9.24. The number of fused-ring (bicyclic) bond motifs is 2. The van der Waals surface area contributed by atoms with Gasteiger partial charge in [0.1, 0.15) is 23.8 Å². The fourth-order valence-electron chi connectivity index (χ4n) is 4.35. The molecule has 2 saturated heterocycles. The van der Waals surface area contributed by atoms with Crippen molar-refractivity contribution < 1.29 is 28.5 Å². The first kappa shape index (κ1) is 23.5. The molecule has 2 aromatic rings. The van der Waals surface area contributed by atoms with E-state index in [9.17, 15) is 4.79 Å². The van der Waals surface area contributed by atoms with Crippen molar-refractivity contribution >= 4 is 17.7 Å². The van der Waals surface area contributed by atoms with Gasteiger partial charge in [-0.05, 0) is 38.0 Å². The van der Waals surface area contributed by atoms with Gasteiger partial charge in [-0.15, -0.1) is 0 Å². The summed E-state index contributed by atoms with van der Waals surface area (Å²) in [4.78, 5) is 22.9. The van der Waals surface area contributed by atoms with Crippen molar-refractivity contribution in [3.05, 3.63) is 35.1 Å². The molecule has 2 aliphatic heterocycles. The molecule has 0 spiro atoms. The molecule has 2 unspecified atom stereocenters. The number of benzene rings is 1. The maximum absolute atomic E-state index is 12.7. The predicted molar refractivity (Wildman–Crippen MR) is 123 cm³/mol. The van der Waals surface area contributed by atoms with Gasteiger partial charge in [-0.3, -0.25) is 0 Å². The molecule has 3 fully saturated rings. The Hall–Kier alpha value is -3.29. The van der Waals surface area contributed by atoms with Crippen LogP contribution in [0.2, 0.25) is 5.02 Å². The zero-order valence-corrected chi connectivity index (χ0v) is 20.2. The summed E-state index contributed by atoms with van der Waals surface area (Å²) in [6.45, 7) is 3.80. The molecule has 1 aromatic carbocycles. The maximum Gasteiger partial charge on any atom is 0.410 e. The zero-order chi connectivity index (χ0) is 24.6. The minimum atomic E-state index is -0.321. The molecule has 2 atom stereocenters. The van der Waals surface area contributed by atoms with Crippen molar-refractivity contribution in [2.75, 3.05) is 33.4 Å². The van der Waals surface area contributed by atoms with E-state index in [4.69, 9.17) is 40.5 Å². The quantitative estimate of drug-likeness (QED) is 0.583. The van der Waals surface area contributed by atoms with Crippen LogP contribution in [0.3, 0.4) is 0 Å². The van der Waals surface area contributed by atoms with Gasteiger partial charge in [-0.25, -0.2) is 4.79 Å². The average Bonchev–Trinajstić information content (AvgIpc) is 3.56. The number of nitriles is 1. The smallest absolute Gasteiger partial charge is 0.410 e. The van der Waals surface area contributed by atoms with Gasteiger partial charge in [0, 0.05) is 24.9 Å². The molecule has 0 N–H and O–H groups in total. The van der Waals surface area contributed by atoms with Crippen molar-refractivity contribution in [3.63, 3.8) is 0 Å². The highest BCUT2D eigenvalue weighted by atomic mass is 35.5. The molecule has 35 heavy (non-hydrogen) atoms. The molecule has 1 aromatic heterocycles. The fraction of sp³-hybridized carbons (Fsp3) is 0.500. The summed E-state index contributed by atoms with van der Waals surface area (Å²) in [5, 5.41) is 9.30. The van der Waals surface area contributed by atoms with Crippen LogP contribution in [-0.2, 0) is 9.47 Å². The molecule has 0 radical (unpaired) electrons. The summed E-state index contributed by atoms with van der Waals surface area (Å²) < 4.78 is 29.1. The van der Waals surface area contributed by atoms with Crippen LogP contribution in [-0.4, -0.2) is 66.1 Å². The summed E-state index contributed by atoms with van der Waals surface area (Å²) >= 11 is 6.25. The Labute approximate surface area is 207 Å². The van der Waals surface area contributed by atoms with Gasteiger partial charge < -0.3 is 28.6 Å². The number of carbonyl (C=O) groups is 1. The van der Waals surface area contributed by atoms with E-state index in [1.165, 1.54) is 19.5 Å². The number of aromatic nitrogens is 2. The van der Waals surface area contributed by atoms with Gasteiger partial charge in [0.15, 0.2) is 0 Å². The van der Waals surface area contributed by atoms with E-state index in [0.29, 0.717) is 37.6 Å². The van der Waals surface area contributed by atoms with Crippen molar-refractivity contribution in [3.8, 4) is 29.3 Å². The number of hydrogen-bond donors (Lipinski definition) is 0. The van der Waals surface area contributed by atoms with Gasteiger partial charge >= 0.3 is 6.09 Å². The first-order valence-electron chi connectivity index (χ1n) is 11.4. The summed E-state index contributed by atoms with van der Waals surface area (Å²) in [5.41, 5.74) is 0.0923. The number of amides is 1. The Morgan fingerprint density at radius 2 is 1.94 bits per heavy atom. The van der Waals surface area contributed by atoms with Crippen molar-refractivity contribution in [1.82, 2.24) is 14.9 Å². The second-order valence-corrected chi connectivity index (χ2v) is 9.65. The summed E-state index contributed by atoms with van der Waals surface area (Å²) in [6.07, 6.45) is 2.61. The lowest BCUT2D eigenvalue weighted by Crippen LogP contribution is -2.59. The van der Waals surface area contributed by atoms with Crippen molar-refractivity contribution in [2.45, 2.75) is 31.5 Å². The molecular formula is C24H25ClN4O6. The molecule has 1 amide bonds. The third kappa shape index (κ3) is 4.92. The lowest BCUT2D eigenvalue weighted by Gasteiger charge is -2.46. The van der Waals surface area contributed by atoms with E-state index in [1.54, 1.807) is 17.0 Å². The van der Waals surface area contributed by atoms with Crippen LogP contribution in [0.5, 0.6) is 23.3 Å². The summed E-state index contributed by atoms with van der Waals surface area (Å²) in [7, 11) is 1.47. The molecule has 1 saturated carbocycles. The number of hydrogen-bond acceptors (Lipinski definition) is 9. The molecule has 3 aliphatic rings. The van der Waals surface area contributed by atoms with E-state index in [1.807, 2.05) is 13.0 Å². The predicted octanol–water partition coefficient (Wildman–Crippen LogP) is 3.82. The number of rotatable bonds is 6. The SMILES string of the molecule is COc1c(Oc2ccc(C#N)cc2Cl)ncnc1OC1C2COCC1CN(C(=O)OC1(C)CC1)C2. The molecule has 5 rings (SSSR count). The number of nitrogens with zero attached hydrogens (tertiary/aromatic N) is 4. The van der Waals surface area contributed by atoms with Gasteiger partial charge in [-0.2, -0.15) is 15.2 Å². The Kier molecular flexibility index (Phi) is 6.30. The fourth-order valence-corrected chi connectivity index (χ4v) is 4.57. The normalized spacial score (nSPS) is 24.2. The topological polar surface area (TPSA) is 116 Å². The Morgan fingerprint density at radius 1 is 1.23 bits per heavy atom. The monoisotopic (exact) mass is 500 g/mol. The minimum absolute atomic E-state index is 0.0564. The van der Waals surface area contributed by atoms with Crippen molar-refractivity contribution in [1.29, 1.82) is 5.26 Å². The highest BCUT2D eigenvalue weighted by molar-refractivity contribution is 6.32.